The maximum absolute atomic E-state index is 11.7. The van der Waals surface area contributed by atoms with E-state index in [1.54, 1.807) is 0 Å². The maximum Gasteiger partial charge on any atom is 0.147 e. The van der Waals surface area contributed by atoms with Gasteiger partial charge in [0, 0.05) is 52.6 Å². The van der Waals surface area contributed by atoms with Gasteiger partial charge in [0.1, 0.15) is 9.84 Å². The second-order valence-corrected chi connectivity index (χ2v) is 11.9. The Morgan fingerprint density at radius 2 is 2.00 bits per heavy atom. The molecule has 170 valence electrons. The van der Waals surface area contributed by atoms with E-state index in [-0.39, 0.29) is 11.2 Å². The van der Waals surface area contributed by atoms with Crippen molar-refractivity contribution in [3.05, 3.63) is 59.0 Å². The van der Waals surface area contributed by atoms with E-state index >= 15 is 0 Å². The van der Waals surface area contributed by atoms with Gasteiger partial charge in [-0.05, 0) is 68.2 Å². The SMILES string of the molecule is CS(=O)(=O)CCCn1c(CN2CC3(CCNCC3)c3ccncc32)cc2cc(Cl)ccc21. The zero-order valence-electron chi connectivity index (χ0n) is 18.3. The van der Waals surface area contributed by atoms with Crippen molar-refractivity contribution in [3.8, 4) is 0 Å². The topological polar surface area (TPSA) is 67.2 Å². The fourth-order valence-electron chi connectivity index (χ4n) is 5.47. The first-order valence-corrected chi connectivity index (χ1v) is 13.6. The summed E-state index contributed by atoms with van der Waals surface area (Å²) < 4.78 is 25.7. The van der Waals surface area contributed by atoms with Gasteiger partial charge in [-0.1, -0.05) is 11.6 Å². The Bertz CT molecular complexity index is 1250. The van der Waals surface area contributed by atoms with Gasteiger partial charge in [0.05, 0.1) is 24.2 Å². The minimum absolute atomic E-state index is 0.181. The Morgan fingerprint density at radius 1 is 1.19 bits per heavy atom. The zero-order chi connectivity index (χ0) is 22.3. The minimum Gasteiger partial charge on any atom is -0.363 e. The summed E-state index contributed by atoms with van der Waals surface area (Å²) >= 11 is 6.27. The predicted molar refractivity (Wildman–Crippen MR) is 130 cm³/mol. The Labute approximate surface area is 194 Å². The summed E-state index contributed by atoms with van der Waals surface area (Å²) in [7, 11) is -2.99. The Morgan fingerprint density at radius 3 is 2.78 bits per heavy atom. The van der Waals surface area contributed by atoms with Crippen LogP contribution in [0.15, 0.2) is 42.7 Å². The lowest BCUT2D eigenvalue weighted by molar-refractivity contribution is 0.324. The monoisotopic (exact) mass is 472 g/mol. The van der Waals surface area contributed by atoms with Gasteiger partial charge in [-0.2, -0.15) is 0 Å². The molecule has 1 aromatic carbocycles. The van der Waals surface area contributed by atoms with E-state index in [9.17, 15) is 8.42 Å². The molecule has 6 nitrogen and oxygen atoms in total. The molecule has 1 saturated heterocycles. The number of nitrogens with zero attached hydrogens (tertiary/aromatic N) is 3. The van der Waals surface area contributed by atoms with Crippen LogP contribution in [0.5, 0.6) is 0 Å². The van der Waals surface area contributed by atoms with E-state index in [1.807, 2.05) is 30.6 Å². The second-order valence-electron chi connectivity index (χ2n) is 9.25. The first kappa shape index (κ1) is 21.7. The number of hydrogen-bond donors (Lipinski definition) is 1. The lowest BCUT2D eigenvalue weighted by atomic mass is 9.75. The van der Waals surface area contributed by atoms with E-state index in [4.69, 9.17) is 11.6 Å². The van der Waals surface area contributed by atoms with Gasteiger partial charge in [0.15, 0.2) is 0 Å². The lowest BCUT2D eigenvalue weighted by Crippen LogP contribution is -2.43. The van der Waals surface area contributed by atoms with Gasteiger partial charge in [-0.3, -0.25) is 4.98 Å². The molecule has 3 aromatic rings. The average molecular weight is 473 g/mol. The summed E-state index contributed by atoms with van der Waals surface area (Å²) in [5.41, 5.74) is 5.09. The second kappa shape index (κ2) is 8.36. The van der Waals surface area contributed by atoms with Gasteiger partial charge in [0.25, 0.3) is 0 Å². The van der Waals surface area contributed by atoms with Crippen molar-refractivity contribution >= 4 is 38.0 Å². The van der Waals surface area contributed by atoms with Crippen molar-refractivity contribution in [1.29, 1.82) is 0 Å². The van der Waals surface area contributed by atoms with Crippen LogP contribution in [0.1, 0.15) is 30.5 Å². The van der Waals surface area contributed by atoms with Crippen molar-refractivity contribution in [3.63, 3.8) is 0 Å². The quantitative estimate of drug-likeness (QED) is 0.591. The lowest BCUT2D eigenvalue weighted by Gasteiger charge is -2.35. The van der Waals surface area contributed by atoms with Gasteiger partial charge >= 0.3 is 0 Å². The number of anilines is 1. The molecule has 0 bridgehead atoms. The molecule has 8 heteroatoms. The Kier molecular flexibility index (Phi) is 5.68. The summed E-state index contributed by atoms with van der Waals surface area (Å²) in [6, 6.07) is 10.3. The first-order valence-electron chi connectivity index (χ1n) is 11.2. The highest BCUT2D eigenvalue weighted by molar-refractivity contribution is 7.90. The third-order valence-electron chi connectivity index (χ3n) is 6.97. The molecule has 5 rings (SSSR count). The molecule has 1 fully saturated rings. The van der Waals surface area contributed by atoms with E-state index < -0.39 is 9.84 Å². The largest absolute Gasteiger partial charge is 0.363 e. The van der Waals surface area contributed by atoms with Gasteiger partial charge in [-0.25, -0.2) is 8.42 Å². The van der Waals surface area contributed by atoms with Crippen LogP contribution in [0.2, 0.25) is 5.02 Å². The van der Waals surface area contributed by atoms with Crippen molar-refractivity contribution in [2.24, 2.45) is 0 Å². The number of halogens is 1. The fourth-order valence-corrected chi connectivity index (χ4v) is 6.30. The highest BCUT2D eigenvalue weighted by Gasteiger charge is 2.43. The smallest absolute Gasteiger partial charge is 0.147 e. The summed E-state index contributed by atoms with van der Waals surface area (Å²) in [6.07, 6.45) is 8.07. The number of rotatable bonds is 6. The molecule has 0 saturated carbocycles. The number of piperidine rings is 1. The van der Waals surface area contributed by atoms with Crippen molar-refractivity contribution < 1.29 is 8.42 Å². The van der Waals surface area contributed by atoms with Crippen molar-refractivity contribution in [1.82, 2.24) is 14.9 Å². The standard InChI is InChI=1S/C24H29ClN4O2S/c1-32(30,31)12-2-11-29-20(14-18-13-19(25)3-4-22(18)29)16-28-17-24(6-9-26-10-7-24)21-5-8-27-15-23(21)28/h3-5,8,13-15,26H,2,6-7,9-12,16-17H2,1H3. The van der Waals surface area contributed by atoms with Crippen molar-refractivity contribution in [2.45, 2.75) is 37.8 Å². The number of hydrogen-bond acceptors (Lipinski definition) is 5. The zero-order valence-corrected chi connectivity index (χ0v) is 19.9. The summed E-state index contributed by atoms with van der Waals surface area (Å²) in [4.78, 5) is 6.89. The van der Waals surface area contributed by atoms with E-state index in [0.29, 0.717) is 18.0 Å². The van der Waals surface area contributed by atoms with Crippen LogP contribution in [0.25, 0.3) is 10.9 Å². The van der Waals surface area contributed by atoms with E-state index in [2.05, 4.69) is 31.9 Å². The third-order valence-corrected chi connectivity index (χ3v) is 8.23. The highest BCUT2D eigenvalue weighted by atomic mass is 35.5. The molecule has 32 heavy (non-hydrogen) atoms. The Hall–Kier alpha value is -2.09. The average Bonchev–Trinajstić information content (AvgIpc) is 3.23. The molecule has 0 amide bonds. The molecular formula is C24H29ClN4O2S. The first-order chi connectivity index (χ1) is 15.3. The van der Waals surface area contributed by atoms with Crippen LogP contribution in [-0.2, 0) is 28.3 Å². The maximum atomic E-state index is 11.7. The number of sulfone groups is 1. The fraction of sp³-hybridized carbons (Fsp3) is 0.458. The van der Waals surface area contributed by atoms with Crippen LogP contribution in [0.4, 0.5) is 5.69 Å². The minimum atomic E-state index is -2.99. The van der Waals surface area contributed by atoms with Gasteiger partial charge in [-0.15, -0.1) is 0 Å². The summed E-state index contributed by atoms with van der Waals surface area (Å²) in [6.45, 7) is 4.50. The van der Waals surface area contributed by atoms with Crippen molar-refractivity contribution in [2.75, 3.05) is 36.5 Å². The molecular weight excluding hydrogens is 444 g/mol. The number of aryl methyl sites for hydroxylation is 1. The number of pyridine rings is 1. The van der Waals surface area contributed by atoms with Gasteiger partial charge < -0.3 is 14.8 Å². The number of aromatic nitrogens is 2. The molecule has 0 unspecified atom stereocenters. The third kappa shape index (κ3) is 4.14. The Balaban J connectivity index is 1.49. The van der Waals surface area contributed by atoms with E-state index in [1.165, 1.54) is 23.2 Å². The predicted octanol–water partition coefficient (Wildman–Crippen LogP) is 3.77. The molecule has 1 N–H and O–H groups in total. The molecule has 0 aliphatic carbocycles. The summed E-state index contributed by atoms with van der Waals surface area (Å²) in [5, 5.41) is 5.30. The normalized spacial score (nSPS) is 17.9. The molecule has 0 atom stereocenters. The molecule has 2 aliphatic heterocycles. The number of nitrogens with one attached hydrogen (secondary N) is 1. The van der Waals surface area contributed by atoms with Crippen LogP contribution < -0.4 is 10.2 Å². The number of benzene rings is 1. The highest BCUT2D eigenvalue weighted by Crippen LogP contribution is 2.46. The van der Waals surface area contributed by atoms with E-state index in [0.717, 1.165) is 49.9 Å². The summed E-state index contributed by atoms with van der Waals surface area (Å²) in [5.74, 6) is 0.187. The van der Waals surface area contributed by atoms with Gasteiger partial charge in [0.2, 0.25) is 0 Å². The van der Waals surface area contributed by atoms with Crippen LogP contribution in [-0.4, -0.2) is 49.6 Å². The van der Waals surface area contributed by atoms with Crippen LogP contribution in [0, 0.1) is 0 Å². The molecule has 2 aliphatic rings. The molecule has 4 heterocycles. The molecule has 2 aromatic heterocycles. The molecule has 1 spiro atoms. The number of fused-ring (bicyclic) bond motifs is 3. The molecule has 0 radical (unpaired) electrons. The van der Waals surface area contributed by atoms with Crippen LogP contribution >= 0.6 is 11.6 Å². The van der Waals surface area contributed by atoms with Crippen LogP contribution in [0.3, 0.4) is 0 Å².